The van der Waals surface area contributed by atoms with Crippen molar-refractivity contribution >= 4 is 22.4 Å². The van der Waals surface area contributed by atoms with Crippen molar-refractivity contribution in [3.63, 3.8) is 0 Å². The Morgan fingerprint density at radius 3 is 2.85 bits per heavy atom. The Kier molecular flexibility index (Phi) is 5.70. The standard InChI is InChI=1S/C14H20N2O3S/c15-9-11-2-1-3-12(8-11)16-14(17)10-20(18)13-4-6-19-7-5-13/h1-3,8,13H,4-7,9-10,15H2,(H,16,17). The first-order valence-corrected chi connectivity index (χ1v) is 8.11. The lowest BCUT2D eigenvalue weighted by Crippen LogP contribution is -2.30. The van der Waals surface area contributed by atoms with Crippen molar-refractivity contribution < 1.29 is 13.7 Å². The van der Waals surface area contributed by atoms with Gasteiger partial charge in [-0.15, -0.1) is 0 Å². The summed E-state index contributed by atoms with van der Waals surface area (Å²) in [7, 11) is -1.13. The Bertz CT molecular complexity index is 487. The van der Waals surface area contributed by atoms with Crippen LogP contribution in [0.15, 0.2) is 24.3 Å². The van der Waals surface area contributed by atoms with E-state index in [9.17, 15) is 9.00 Å². The molecule has 1 aliphatic rings. The van der Waals surface area contributed by atoms with Crippen LogP contribution in [0.1, 0.15) is 18.4 Å². The average molecular weight is 296 g/mol. The van der Waals surface area contributed by atoms with Crippen molar-refractivity contribution in [2.24, 2.45) is 5.73 Å². The molecule has 2 rings (SSSR count). The maximum absolute atomic E-state index is 12.1. The highest BCUT2D eigenvalue weighted by molar-refractivity contribution is 7.86. The second-order valence-corrected chi connectivity index (χ2v) is 6.51. The van der Waals surface area contributed by atoms with Crippen LogP contribution in [-0.2, 0) is 26.9 Å². The van der Waals surface area contributed by atoms with Crippen molar-refractivity contribution in [3.8, 4) is 0 Å². The van der Waals surface area contributed by atoms with Gasteiger partial charge in [0.1, 0.15) is 5.75 Å². The zero-order valence-electron chi connectivity index (χ0n) is 11.3. The number of rotatable bonds is 5. The molecule has 0 spiro atoms. The van der Waals surface area contributed by atoms with Crippen LogP contribution in [0.2, 0.25) is 0 Å². The third-order valence-electron chi connectivity index (χ3n) is 3.26. The molecule has 1 amide bonds. The van der Waals surface area contributed by atoms with Gasteiger partial charge in [0.15, 0.2) is 0 Å². The molecule has 1 fully saturated rings. The summed E-state index contributed by atoms with van der Waals surface area (Å²) in [6.07, 6.45) is 1.53. The predicted octanol–water partition coefficient (Wildman–Crippen LogP) is 1.01. The molecule has 0 aliphatic carbocycles. The van der Waals surface area contributed by atoms with Gasteiger partial charge in [0.25, 0.3) is 0 Å². The lowest BCUT2D eigenvalue weighted by atomic mass is 10.2. The maximum Gasteiger partial charge on any atom is 0.237 e. The van der Waals surface area contributed by atoms with Crippen molar-refractivity contribution in [2.45, 2.75) is 24.6 Å². The fraction of sp³-hybridized carbons (Fsp3) is 0.500. The summed E-state index contributed by atoms with van der Waals surface area (Å²) in [5, 5.41) is 2.84. The summed E-state index contributed by atoms with van der Waals surface area (Å²) in [6, 6.07) is 7.37. The van der Waals surface area contributed by atoms with Crippen LogP contribution < -0.4 is 11.1 Å². The normalized spacial score (nSPS) is 17.6. The topological polar surface area (TPSA) is 81.4 Å². The van der Waals surface area contributed by atoms with Gasteiger partial charge in [-0.2, -0.15) is 0 Å². The zero-order valence-corrected chi connectivity index (χ0v) is 12.2. The summed E-state index contributed by atoms with van der Waals surface area (Å²) in [5.41, 5.74) is 7.20. The molecule has 0 aromatic heterocycles. The molecular formula is C14H20N2O3S. The van der Waals surface area contributed by atoms with Crippen molar-refractivity contribution in [1.82, 2.24) is 0 Å². The van der Waals surface area contributed by atoms with E-state index < -0.39 is 10.8 Å². The van der Waals surface area contributed by atoms with Gasteiger partial charge < -0.3 is 15.8 Å². The summed E-state index contributed by atoms with van der Waals surface area (Å²) < 4.78 is 17.3. The number of carbonyl (C=O) groups excluding carboxylic acids is 1. The van der Waals surface area contributed by atoms with Crippen LogP contribution in [-0.4, -0.2) is 34.3 Å². The molecule has 1 atom stereocenters. The molecule has 3 N–H and O–H groups in total. The Hall–Kier alpha value is -1.24. The number of hydrogen-bond acceptors (Lipinski definition) is 4. The Labute approximate surface area is 121 Å². The van der Waals surface area contributed by atoms with Crippen molar-refractivity contribution in [1.29, 1.82) is 0 Å². The lowest BCUT2D eigenvalue weighted by molar-refractivity contribution is -0.113. The molecular weight excluding hydrogens is 276 g/mol. The fourth-order valence-corrected chi connectivity index (χ4v) is 3.44. The van der Waals surface area contributed by atoms with E-state index in [1.54, 1.807) is 6.07 Å². The number of nitrogens with one attached hydrogen (secondary N) is 1. The van der Waals surface area contributed by atoms with E-state index in [1.165, 1.54) is 0 Å². The quantitative estimate of drug-likeness (QED) is 0.849. The van der Waals surface area contributed by atoms with E-state index in [2.05, 4.69) is 5.32 Å². The first-order valence-electron chi connectivity index (χ1n) is 6.73. The van der Waals surface area contributed by atoms with Gasteiger partial charge in [-0.1, -0.05) is 12.1 Å². The predicted molar refractivity (Wildman–Crippen MR) is 79.8 cm³/mol. The van der Waals surface area contributed by atoms with Crippen LogP contribution in [0.4, 0.5) is 5.69 Å². The molecule has 0 radical (unpaired) electrons. The lowest BCUT2D eigenvalue weighted by Gasteiger charge is -2.21. The van der Waals surface area contributed by atoms with Crippen molar-refractivity contribution in [3.05, 3.63) is 29.8 Å². The van der Waals surface area contributed by atoms with E-state index in [1.807, 2.05) is 18.2 Å². The van der Waals surface area contributed by atoms with Gasteiger partial charge in [0.05, 0.1) is 0 Å². The summed E-state index contributed by atoms with van der Waals surface area (Å²) >= 11 is 0. The second kappa shape index (κ2) is 7.52. The first-order chi connectivity index (χ1) is 9.69. The molecule has 5 nitrogen and oxygen atoms in total. The Balaban J connectivity index is 1.86. The third kappa shape index (κ3) is 4.40. The SMILES string of the molecule is NCc1cccc(NC(=O)CS(=O)C2CCOCC2)c1. The minimum absolute atomic E-state index is 0.0392. The number of nitrogens with two attached hydrogens (primary N) is 1. The summed E-state index contributed by atoms with van der Waals surface area (Å²) in [4.78, 5) is 11.9. The fourth-order valence-electron chi connectivity index (χ4n) is 2.16. The van der Waals surface area contributed by atoms with E-state index in [0.717, 1.165) is 18.4 Å². The third-order valence-corrected chi connectivity index (χ3v) is 5.02. The molecule has 6 heteroatoms. The summed E-state index contributed by atoms with van der Waals surface area (Å²) in [5.74, 6) is -0.179. The number of benzene rings is 1. The van der Waals surface area contributed by atoms with Gasteiger partial charge in [-0.05, 0) is 30.5 Å². The average Bonchev–Trinajstić information content (AvgIpc) is 2.48. The van der Waals surface area contributed by atoms with Gasteiger partial charge >= 0.3 is 0 Å². The molecule has 1 unspecified atom stereocenters. The number of anilines is 1. The second-order valence-electron chi connectivity index (χ2n) is 4.79. The smallest absolute Gasteiger partial charge is 0.237 e. The monoisotopic (exact) mass is 296 g/mol. The van der Waals surface area contributed by atoms with Gasteiger partial charge in [0, 0.05) is 41.5 Å². The van der Waals surface area contributed by atoms with Crippen LogP contribution in [0.3, 0.4) is 0 Å². The molecule has 1 heterocycles. The first kappa shape index (κ1) is 15.2. The molecule has 1 aliphatic heterocycles. The largest absolute Gasteiger partial charge is 0.381 e. The van der Waals surface area contributed by atoms with Crippen LogP contribution in [0.5, 0.6) is 0 Å². The van der Waals surface area contributed by atoms with Crippen LogP contribution >= 0.6 is 0 Å². The highest BCUT2D eigenvalue weighted by Gasteiger charge is 2.22. The van der Waals surface area contributed by atoms with E-state index in [4.69, 9.17) is 10.5 Å². The highest BCUT2D eigenvalue weighted by atomic mass is 32.2. The minimum atomic E-state index is -1.13. The summed E-state index contributed by atoms with van der Waals surface area (Å²) in [6.45, 7) is 1.70. The number of ether oxygens (including phenoxy) is 1. The Morgan fingerprint density at radius 1 is 1.40 bits per heavy atom. The van der Waals surface area contributed by atoms with Gasteiger partial charge in [-0.3, -0.25) is 9.00 Å². The Morgan fingerprint density at radius 2 is 2.15 bits per heavy atom. The molecule has 1 aromatic rings. The molecule has 0 saturated carbocycles. The number of carbonyl (C=O) groups is 1. The zero-order chi connectivity index (χ0) is 14.4. The molecule has 110 valence electrons. The van der Waals surface area contributed by atoms with Crippen LogP contribution in [0, 0.1) is 0 Å². The number of hydrogen-bond donors (Lipinski definition) is 2. The van der Waals surface area contributed by atoms with Gasteiger partial charge in [0.2, 0.25) is 5.91 Å². The van der Waals surface area contributed by atoms with E-state index >= 15 is 0 Å². The van der Waals surface area contributed by atoms with Crippen LogP contribution in [0.25, 0.3) is 0 Å². The molecule has 1 saturated heterocycles. The number of amides is 1. The highest BCUT2D eigenvalue weighted by Crippen LogP contribution is 2.14. The molecule has 20 heavy (non-hydrogen) atoms. The van der Waals surface area contributed by atoms with Crippen molar-refractivity contribution in [2.75, 3.05) is 24.3 Å². The van der Waals surface area contributed by atoms with E-state index in [-0.39, 0.29) is 16.9 Å². The molecule has 1 aromatic carbocycles. The van der Waals surface area contributed by atoms with E-state index in [0.29, 0.717) is 25.4 Å². The van der Waals surface area contributed by atoms with Gasteiger partial charge in [-0.25, -0.2) is 0 Å². The molecule has 0 bridgehead atoms. The maximum atomic E-state index is 12.1. The minimum Gasteiger partial charge on any atom is -0.381 e.